The summed E-state index contributed by atoms with van der Waals surface area (Å²) in [5, 5.41) is 8.09. The molecule has 4 nitrogen and oxygen atoms in total. The van der Waals surface area contributed by atoms with Gasteiger partial charge in [-0.2, -0.15) is 5.10 Å². The van der Waals surface area contributed by atoms with Crippen molar-refractivity contribution < 1.29 is 4.79 Å². The zero-order valence-electron chi connectivity index (χ0n) is 11.5. The Hall–Kier alpha value is -1.52. The van der Waals surface area contributed by atoms with Gasteiger partial charge in [0.1, 0.15) is 6.54 Å². The van der Waals surface area contributed by atoms with Crippen LogP contribution in [0.4, 0.5) is 5.69 Å². The number of benzene rings is 1. The first-order chi connectivity index (χ1) is 9.38. The molecule has 0 atom stereocenters. The Bertz CT molecular complexity index is 665. The molecule has 0 unspecified atom stereocenters. The van der Waals surface area contributed by atoms with Gasteiger partial charge in [0.2, 0.25) is 5.91 Å². The van der Waals surface area contributed by atoms with Crippen molar-refractivity contribution in [1.82, 2.24) is 9.78 Å². The summed E-state index contributed by atoms with van der Waals surface area (Å²) in [5.74, 6) is -0.196. The molecule has 0 saturated carbocycles. The molecular formula is C14H15Cl2N3O. The van der Waals surface area contributed by atoms with Crippen molar-refractivity contribution in [3.8, 4) is 0 Å². The van der Waals surface area contributed by atoms with Crippen molar-refractivity contribution in [3.05, 3.63) is 45.2 Å². The third-order valence-corrected chi connectivity index (χ3v) is 3.84. The lowest BCUT2D eigenvalue weighted by Gasteiger charge is -2.09. The smallest absolute Gasteiger partial charge is 0.246 e. The Morgan fingerprint density at radius 3 is 2.55 bits per heavy atom. The van der Waals surface area contributed by atoms with Gasteiger partial charge in [0.15, 0.2) is 0 Å². The van der Waals surface area contributed by atoms with Gasteiger partial charge in [-0.15, -0.1) is 0 Å². The molecule has 0 saturated heterocycles. The van der Waals surface area contributed by atoms with Crippen molar-refractivity contribution in [2.75, 3.05) is 5.32 Å². The lowest BCUT2D eigenvalue weighted by Crippen LogP contribution is -2.20. The van der Waals surface area contributed by atoms with E-state index in [2.05, 4.69) is 10.4 Å². The summed E-state index contributed by atoms with van der Waals surface area (Å²) < 4.78 is 1.58. The fourth-order valence-corrected chi connectivity index (χ4v) is 2.29. The molecule has 0 aliphatic heterocycles. The van der Waals surface area contributed by atoms with E-state index < -0.39 is 0 Å². The summed E-state index contributed by atoms with van der Waals surface area (Å²) in [4.78, 5) is 12.0. The number of rotatable bonds is 3. The number of anilines is 1. The Morgan fingerprint density at radius 1 is 1.30 bits per heavy atom. The molecule has 1 heterocycles. The minimum Gasteiger partial charge on any atom is -0.323 e. The highest BCUT2D eigenvalue weighted by atomic mass is 35.5. The number of halogens is 2. The molecule has 0 fully saturated rings. The molecule has 106 valence electrons. The predicted octanol–water partition coefficient (Wildman–Crippen LogP) is 3.75. The Balaban J connectivity index is 2.11. The second kappa shape index (κ2) is 5.85. The SMILES string of the molecule is Cc1ccc(NC(=O)Cn2nc(C)c(Cl)c2C)c(Cl)c1. The molecule has 20 heavy (non-hydrogen) atoms. The van der Waals surface area contributed by atoms with Crippen LogP contribution in [0.2, 0.25) is 10.0 Å². The van der Waals surface area contributed by atoms with Crippen LogP contribution in [0, 0.1) is 20.8 Å². The van der Waals surface area contributed by atoms with Crippen LogP contribution >= 0.6 is 23.2 Å². The van der Waals surface area contributed by atoms with E-state index in [1.165, 1.54) is 0 Å². The fourth-order valence-electron chi connectivity index (χ4n) is 1.88. The van der Waals surface area contributed by atoms with E-state index in [0.29, 0.717) is 21.4 Å². The van der Waals surface area contributed by atoms with Crippen molar-refractivity contribution >= 4 is 34.8 Å². The van der Waals surface area contributed by atoms with Crippen LogP contribution in [0.3, 0.4) is 0 Å². The van der Waals surface area contributed by atoms with Crippen LogP contribution in [0.15, 0.2) is 18.2 Å². The first kappa shape index (κ1) is 14.9. The third kappa shape index (κ3) is 3.14. The number of hydrogen-bond acceptors (Lipinski definition) is 2. The van der Waals surface area contributed by atoms with Gasteiger partial charge < -0.3 is 5.32 Å². The lowest BCUT2D eigenvalue weighted by atomic mass is 10.2. The van der Waals surface area contributed by atoms with Gasteiger partial charge in [-0.1, -0.05) is 29.3 Å². The maximum atomic E-state index is 12.0. The molecule has 2 rings (SSSR count). The van der Waals surface area contributed by atoms with Crippen molar-refractivity contribution in [1.29, 1.82) is 0 Å². The van der Waals surface area contributed by atoms with Gasteiger partial charge in [0.25, 0.3) is 0 Å². The van der Waals surface area contributed by atoms with E-state index in [1.807, 2.05) is 19.9 Å². The van der Waals surface area contributed by atoms with E-state index in [0.717, 1.165) is 11.3 Å². The molecule has 1 amide bonds. The van der Waals surface area contributed by atoms with E-state index in [-0.39, 0.29) is 12.5 Å². The van der Waals surface area contributed by atoms with Gasteiger partial charge in [0, 0.05) is 0 Å². The normalized spacial score (nSPS) is 10.7. The summed E-state index contributed by atoms with van der Waals surface area (Å²) in [6, 6.07) is 5.47. The standard InChI is InChI=1S/C14H15Cl2N3O/c1-8-4-5-12(11(15)6-8)17-13(20)7-19-10(3)14(16)9(2)18-19/h4-6H,7H2,1-3H3,(H,17,20). The average molecular weight is 312 g/mol. The molecule has 0 aliphatic carbocycles. The van der Waals surface area contributed by atoms with Gasteiger partial charge in [0.05, 0.1) is 27.1 Å². The lowest BCUT2D eigenvalue weighted by molar-refractivity contribution is -0.116. The Morgan fingerprint density at radius 2 is 2.00 bits per heavy atom. The van der Waals surface area contributed by atoms with E-state index >= 15 is 0 Å². The monoisotopic (exact) mass is 311 g/mol. The fraction of sp³-hybridized carbons (Fsp3) is 0.286. The highest BCUT2D eigenvalue weighted by molar-refractivity contribution is 6.33. The number of carbonyl (C=O) groups excluding carboxylic acids is 1. The summed E-state index contributed by atoms with van der Waals surface area (Å²) in [7, 11) is 0. The van der Waals surface area contributed by atoms with Crippen molar-refractivity contribution in [2.24, 2.45) is 0 Å². The van der Waals surface area contributed by atoms with Crippen LogP contribution in [0.5, 0.6) is 0 Å². The Labute approximate surface area is 127 Å². The molecule has 1 N–H and O–H groups in total. The summed E-state index contributed by atoms with van der Waals surface area (Å²) in [6.45, 7) is 5.67. The molecule has 1 aromatic carbocycles. The van der Waals surface area contributed by atoms with E-state index in [4.69, 9.17) is 23.2 Å². The molecule has 0 bridgehead atoms. The molecule has 0 aliphatic rings. The van der Waals surface area contributed by atoms with Gasteiger partial charge in [-0.25, -0.2) is 0 Å². The van der Waals surface area contributed by atoms with Gasteiger partial charge in [-0.05, 0) is 38.5 Å². The molecular weight excluding hydrogens is 297 g/mol. The number of aromatic nitrogens is 2. The maximum Gasteiger partial charge on any atom is 0.246 e. The summed E-state index contributed by atoms with van der Waals surface area (Å²) in [5.41, 5.74) is 3.12. The number of aryl methyl sites for hydroxylation is 2. The van der Waals surface area contributed by atoms with Crippen LogP contribution < -0.4 is 5.32 Å². The molecule has 1 aromatic heterocycles. The quantitative estimate of drug-likeness (QED) is 0.938. The van der Waals surface area contributed by atoms with Crippen LogP contribution in [0.25, 0.3) is 0 Å². The third-order valence-electron chi connectivity index (χ3n) is 2.99. The first-order valence-electron chi connectivity index (χ1n) is 6.14. The van der Waals surface area contributed by atoms with Gasteiger partial charge in [-0.3, -0.25) is 9.48 Å². The topological polar surface area (TPSA) is 46.9 Å². The van der Waals surface area contributed by atoms with Crippen molar-refractivity contribution in [3.63, 3.8) is 0 Å². The van der Waals surface area contributed by atoms with E-state index in [9.17, 15) is 4.79 Å². The maximum absolute atomic E-state index is 12.0. The summed E-state index contributed by atoms with van der Waals surface area (Å²) >= 11 is 12.1. The van der Waals surface area contributed by atoms with Gasteiger partial charge >= 0.3 is 0 Å². The highest BCUT2D eigenvalue weighted by Gasteiger charge is 2.13. The zero-order chi connectivity index (χ0) is 14.9. The van der Waals surface area contributed by atoms with E-state index in [1.54, 1.807) is 23.7 Å². The average Bonchev–Trinajstić information content (AvgIpc) is 2.61. The minimum atomic E-state index is -0.196. The molecule has 2 aromatic rings. The number of nitrogens with zero attached hydrogens (tertiary/aromatic N) is 2. The number of carbonyl (C=O) groups is 1. The predicted molar refractivity (Wildman–Crippen MR) is 81.5 cm³/mol. The molecule has 6 heteroatoms. The van der Waals surface area contributed by atoms with Crippen LogP contribution in [0.1, 0.15) is 17.0 Å². The number of hydrogen-bond donors (Lipinski definition) is 1. The number of nitrogens with one attached hydrogen (secondary N) is 1. The zero-order valence-corrected chi connectivity index (χ0v) is 13.0. The highest BCUT2D eigenvalue weighted by Crippen LogP contribution is 2.23. The summed E-state index contributed by atoms with van der Waals surface area (Å²) in [6.07, 6.45) is 0. The van der Waals surface area contributed by atoms with Crippen molar-refractivity contribution in [2.45, 2.75) is 27.3 Å². The second-order valence-electron chi connectivity index (χ2n) is 4.67. The number of amides is 1. The molecule has 0 spiro atoms. The Kier molecular flexibility index (Phi) is 4.35. The van der Waals surface area contributed by atoms with Crippen LogP contribution in [-0.2, 0) is 11.3 Å². The molecule has 0 radical (unpaired) electrons. The second-order valence-corrected chi connectivity index (χ2v) is 5.46. The minimum absolute atomic E-state index is 0.101. The van der Waals surface area contributed by atoms with Crippen LogP contribution in [-0.4, -0.2) is 15.7 Å². The largest absolute Gasteiger partial charge is 0.323 e. The first-order valence-corrected chi connectivity index (χ1v) is 6.89.